The molecule has 2 rings (SSSR count). The minimum Gasteiger partial charge on any atom is -0.444 e. The van der Waals surface area contributed by atoms with E-state index in [-0.39, 0.29) is 12.5 Å². The van der Waals surface area contributed by atoms with Crippen molar-refractivity contribution in [2.24, 2.45) is 0 Å². The molecule has 148 valence electrons. The van der Waals surface area contributed by atoms with E-state index in [9.17, 15) is 14.4 Å². The summed E-state index contributed by atoms with van der Waals surface area (Å²) in [4.78, 5) is 36.0. The fourth-order valence-corrected chi connectivity index (χ4v) is 2.82. The first-order valence-electron chi connectivity index (χ1n) is 8.57. The van der Waals surface area contributed by atoms with Crippen molar-refractivity contribution in [3.8, 4) is 0 Å². The highest BCUT2D eigenvalue weighted by Crippen LogP contribution is 2.18. The molecule has 3 amide bonds. The molecule has 0 spiro atoms. The molecule has 0 atom stereocenters. The molecule has 0 aromatic heterocycles. The van der Waals surface area contributed by atoms with Gasteiger partial charge < -0.3 is 20.7 Å². The average molecular weight is 495 g/mol. The van der Waals surface area contributed by atoms with E-state index in [0.717, 1.165) is 3.57 Å². The smallest absolute Gasteiger partial charge is 0.408 e. The Bertz CT molecular complexity index is 878. The van der Waals surface area contributed by atoms with Crippen LogP contribution in [0.1, 0.15) is 31.1 Å². The second-order valence-electron chi connectivity index (χ2n) is 6.92. The number of nitrogens with one attached hydrogen (secondary N) is 3. The predicted molar refractivity (Wildman–Crippen MR) is 116 cm³/mol. The quantitative estimate of drug-likeness (QED) is 0.547. The fraction of sp³-hybridized carbons (Fsp3) is 0.250. The number of amides is 3. The molecule has 0 saturated carbocycles. The molecule has 2 aromatic rings. The lowest BCUT2D eigenvalue weighted by Crippen LogP contribution is -2.37. The maximum Gasteiger partial charge on any atom is 0.408 e. The van der Waals surface area contributed by atoms with E-state index in [0.29, 0.717) is 16.9 Å². The number of hydrogen-bond donors (Lipinski definition) is 3. The van der Waals surface area contributed by atoms with Crippen LogP contribution in [0.5, 0.6) is 0 Å². The number of benzene rings is 2. The first kappa shape index (κ1) is 21.7. The molecule has 0 fully saturated rings. The lowest BCUT2D eigenvalue weighted by molar-refractivity contribution is -0.115. The summed E-state index contributed by atoms with van der Waals surface area (Å²) in [6.45, 7) is 4.99. The van der Waals surface area contributed by atoms with Gasteiger partial charge in [-0.2, -0.15) is 0 Å². The molecule has 0 radical (unpaired) electrons. The number of hydrogen-bond acceptors (Lipinski definition) is 4. The molecular weight excluding hydrogens is 473 g/mol. The Balaban J connectivity index is 1.92. The van der Waals surface area contributed by atoms with Crippen LogP contribution in [0.3, 0.4) is 0 Å². The van der Waals surface area contributed by atoms with Gasteiger partial charge in [-0.3, -0.25) is 9.59 Å². The highest BCUT2D eigenvalue weighted by atomic mass is 127. The van der Waals surface area contributed by atoms with Crippen molar-refractivity contribution in [1.82, 2.24) is 5.32 Å². The Morgan fingerprint density at radius 2 is 1.61 bits per heavy atom. The standard InChI is InChI=1S/C20H22IN3O4/c1-20(2,3)28-19(27)22-12-17(25)23-13-7-6-8-14(11-13)24-18(26)15-9-4-5-10-16(15)21/h4-11H,12H2,1-3H3,(H,22,27)(H,23,25)(H,24,26). The van der Waals surface area contributed by atoms with Crippen LogP contribution in [0, 0.1) is 3.57 Å². The van der Waals surface area contributed by atoms with Crippen LogP contribution in [-0.4, -0.2) is 30.1 Å². The van der Waals surface area contributed by atoms with Crippen molar-refractivity contribution in [3.63, 3.8) is 0 Å². The number of anilines is 2. The van der Waals surface area contributed by atoms with Gasteiger partial charge in [-0.25, -0.2) is 4.79 Å². The zero-order valence-electron chi connectivity index (χ0n) is 15.8. The predicted octanol–water partition coefficient (Wildman–Crippen LogP) is 4.01. The molecule has 0 aliphatic heterocycles. The van der Waals surface area contributed by atoms with Crippen molar-refractivity contribution in [2.45, 2.75) is 26.4 Å². The van der Waals surface area contributed by atoms with Crippen molar-refractivity contribution < 1.29 is 19.1 Å². The number of carbonyl (C=O) groups is 3. The third kappa shape index (κ3) is 7.18. The van der Waals surface area contributed by atoms with Crippen LogP contribution >= 0.6 is 22.6 Å². The van der Waals surface area contributed by atoms with Crippen LogP contribution in [0.2, 0.25) is 0 Å². The zero-order chi connectivity index (χ0) is 20.7. The van der Waals surface area contributed by atoms with Crippen LogP contribution < -0.4 is 16.0 Å². The van der Waals surface area contributed by atoms with E-state index in [1.807, 2.05) is 12.1 Å². The van der Waals surface area contributed by atoms with E-state index in [4.69, 9.17) is 4.74 Å². The van der Waals surface area contributed by atoms with Gasteiger partial charge in [-0.05, 0) is 73.7 Å². The molecule has 0 aliphatic rings. The molecule has 8 heteroatoms. The molecule has 0 heterocycles. The topological polar surface area (TPSA) is 96.5 Å². The van der Waals surface area contributed by atoms with E-state index < -0.39 is 17.6 Å². The van der Waals surface area contributed by atoms with Crippen molar-refractivity contribution >= 4 is 51.9 Å². The zero-order valence-corrected chi connectivity index (χ0v) is 18.0. The summed E-state index contributed by atoms with van der Waals surface area (Å²) < 4.78 is 5.92. The minimum atomic E-state index is -0.666. The van der Waals surface area contributed by atoms with Gasteiger partial charge in [0.1, 0.15) is 12.1 Å². The van der Waals surface area contributed by atoms with Crippen LogP contribution in [0.15, 0.2) is 48.5 Å². The van der Waals surface area contributed by atoms with Gasteiger partial charge in [0, 0.05) is 14.9 Å². The van der Waals surface area contributed by atoms with Gasteiger partial charge in [-0.1, -0.05) is 18.2 Å². The van der Waals surface area contributed by atoms with Crippen LogP contribution in [0.4, 0.5) is 16.2 Å². The van der Waals surface area contributed by atoms with Gasteiger partial charge in [0.25, 0.3) is 5.91 Å². The minimum absolute atomic E-state index is 0.228. The Kier molecular flexibility index (Phi) is 7.38. The highest BCUT2D eigenvalue weighted by Gasteiger charge is 2.16. The number of alkyl carbamates (subject to hydrolysis) is 1. The largest absolute Gasteiger partial charge is 0.444 e. The highest BCUT2D eigenvalue weighted by molar-refractivity contribution is 14.1. The SMILES string of the molecule is CC(C)(C)OC(=O)NCC(=O)Nc1cccc(NC(=O)c2ccccc2I)c1. The van der Waals surface area contributed by atoms with Gasteiger partial charge in [0.15, 0.2) is 0 Å². The fourth-order valence-electron chi connectivity index (χ4n) is 2.19. The lowest BCUT2D eigenvalue weighted by atomic mass is 10.2. The molecule has 0 saturated heterocycles. The molecular formula is C20H22IN3O4. The second kappa shape index (κ2) is 9.54. The summed E-state index contributed by atoms with van der Waals surface area (Å²) in [7, 11) is 0. The first-order chi connectivity index (χ1) is 13.1. The van der Waals surface area contributed by atoms with Crippen molar-refractivity contribution in [3.05, 3.63) is 57.7 Å². The summed E-state index contributed by atoms with van der Waals surface area (Å²) in [5.74, 6) is -0.646. The normalized spacial score (nSPS) is 10.7. The van der Waals surface area contributed by atoms with Gasteiger partial charge >= 0.3 is 6.09 Å². The van der Waals surface area contributed by atoms with Crippen molar-refractivity contribution in [1.29, 1.82) is 0 Å². The number of ether oxygens (including phenoxy) is 1. The number of rotatable bonds is 5. The summed E-state index contributed by atoms with van der Waals surface area (Å²) >= 11 is 2.10. The van der Waals surface area contributed by atoms with Gasteiger partial charge in [0.2, 0.25) is 5.91 Å². The number of halogens is 1. The second-order valence-corrected chi connectivity index (χ2v) is 8.08. The van der Waals surface area contributed by atoms with Gasteiger partial charge in [-0.15, -0.1) is 0 Å². The summed E-state index contributed by atoms with van der Waals surface area (Å²) in [6.07, 6.45) is -0.666. The Morgan fingerprint density at radius 1 is 0.964 bits per heavy atom. The van der Waals surface area contributed by atoms with Crippen LogP contribution in [-0.2, 0) is 9.53 Å². The monoisotopic (exact) mass is 495 g/mol. The summed E-state index contributed by atoms with van der Waals surface area (Å²) in [6, 6.07) is 14.0. The number of carbonyl (C=O) groups excluding carboxylic acids is 3. The lowest BCUT2D eigenvalue weighted by Gasteiger charge is -2.19. The van der Waals surface area contributed by atoms with E-state index in [1.165, 1.54) is 0 Å². The molecule has 2 aromatic carbocycles. The molecule has 0 aliphatic carbocycles. The molecule has 7 nitrogen and oxygen atoms in total. The molecule has 0 bridgehead atoms. The average Bonchev–Trinajstić information content (AvgIpc) is 2.59. The first-order valence-corrected chi connectivity index (χ1v) is 9.64. The van der Waals surface area contributed by atoms with E-state index >= 15 is 0 Å². The summed E-state index contributed by atoms with van der Waals surface area (Å²) in [5.41, 5.74) is 0.974. The molecule has 0 unspecified atom stereocenters. The maximum absolute atomic E-state index is 12.4. The summed E-state index contributed by atoms with van der Waals surface area (Å²) in [5, 5.41) is 7.86. The molecule has 28 heavy (non-hydrogen) atoms. The van der Waals surface area contributed by atoms with Gasteiger partial charge in [0.05, 0.1) is 5.56 Å². The Labute approximate surface area is 177 Å². The van der Waals surface area contributed by atoms with E-state index in [2.05, 4.69) is 38.5 Å². The van der Waals surface area contributed by atoms with Crippen molar-refractivity contribution in [2.75, 3.05) is 17.2 Å². The van der Waals surface area contributed by atoms with Crippen LogP contribution in [0.25, 0.3) is 0 Å². The molecule has 3 N–H and O–H groups in total. The Morgan fingerprint density at radius 3 is 2.25 bits per heavy atom. The third-order valence-corrected chi connectivity index (χ3v) is 4.26. The maximum atomic E-state index is 12.4. The van der Waals surface area contributed by atoms with E-state index in [1.54, 1.807) is 57.2 Å². The Hall–Kier alpha value is -2.62. The third-order valence-electron chi connectivity index (χ3n) is 3.31.